The number of hydrogen-bond donors (Lipinski definition) is 0. The Hall–Kier alpha value is -1.97. The van der Waals surface area contributed by atoms with E-state index in [1.165, 1.54) is 11.3 Å². The maximum atomic E-state index is 13.1. The summed E-state index contributed by atoms with van der Waals surface area (Å²) in [5.74, 6) is 2.35. The van der Waals surface area contributed by atoms with E-state index < -0.39 is 0 Å². The van der Waals surface area contributed by atoms with E-state index in [2.05, 4.69) is 0 Å². The summed E-state index contributed by atoms with van der Waals surface area (Å²) in [5, 5.41) is 0. The van der Waals surface area contributed by atoms with Crippen molar-refractivity contribution < 1.29 is 14.4 Å². The van der Waals surface area contributed by atoms with Crippen molar-refractivity contribution in [2.24, 2.45) is 35.5 Å². The van der Waals surface area contributed by atoms with Crippen molar-refractivity contribution >= 4 is 23.3 Å². The van der Waals surface area contributed by atoms with Crippen LogP contribution in [0.15, 0.2) is 18.2 Å². The smallest absolute Gasteiger partial charge is 0.237 e. The van der Waals surface area contributed by atoms with Gasteiger partial charge in [0.25, 0.3) is 0 Å². The largest absolute Gasteiger partial charge is 0.294 e. The van der Waals surface area contributed by atoms with Gasteiger partial charge >= 0.3 is 0 Å². The fourth-order valence-corrected chi connectivity index (χ4v) is 6.37. The van der Waals surface area contributed by atoms with Gasteiger partial charge in [0.1, 0.15) is 0 Å². The highest BCUT2D eigenvalue weighted by molar-refractivity contribution is 6.22. The molecule has 2 bridgehead atoms. The second-order valence-corrected chi connectivity index (χ2v) is 8.30. The molecular weight excluding hydrogens is 302 g/mol. The molecule has 0 radical (unpaired) electrons. The fourth-order valence-electron chi connectivity index (χ4n) is 6.37. The van der Waals surface area contributed by atoms with Crippen molar-refractivity contribution in [3.8, 4) is 0 Å². The van der Waals surface area contributed by atoms with Crippen LogP contribution in [0.1, 0.15) is 41.6 Å². The van der Waals surface area contributed by atoms with Crippen LogP contribution in [0.25, 0.3) is 0 Å². The van der Waals surface area contributed by atoms with Gasteiger partial charge in [-0.2, -0.15) is 0 Å². The van der Waals surface area contributed by atoms with Crippen LogP contribution in [0.3, 0.4) is 0 Å². The van der Waals surface area contributed by atoms with E-state index in [0.717, 1.165) is 30.4 Å². The molecule has 0 spiro atoms. The van der Waals surface area contributed by atoms with Gasteiger partial charge in [0.15, 0.2) is 5.78 Å². The topological polar surface area (TPSA) is 54.5 Å². The van der Waals surface area contributed by atoms with E-state index in [1.54, 1.807) is 12.1 Å². The molecule has 5 fully saturated rings. The van der Waals surface area contributed by atoms with Gasteiger partial charge in [-0.3, -0.25) is 19.3 Å². The zero-order valence-corrected chi connectivity index (χ0v) is 13.4. The molecule has 1 heterocycles. The minimum Gasteiger partial charge on any atom is -0.294 e. The lowest BCUT2D eigenvalue weighted by atomic mass is 9.59. The zero-order chi connectivity index (χ0) is 16.2. The number of benzene rings is 1. The molecule has 4 heteroatoms. The number of carbonyl (C=O) groups excluding carboxylic acids is 3. The first kappa shape index (κ1) is 13.3. The Kier molecular flexibility index (Phi) is 2.31. The van der Waals surface area contributed by atoms with E-state index in [4.69, 9.17) is 0 Å². The molecule has 2 amide bonds. The molecule has 6 aliphatic rings. The molecule has 4 saturated carbocycles. The second-order valence-electron chi connectivity index (χ2n) is 8.30. The highest BCUT2D eigenvalue weighted by Crippen LogP contribution is 2.68. The monoisotopic (exact) mass is 321 g/mol. The number of rotatable bonds is 1. The number of imide groups is 1. The third kappa shape index (κ3) is 1.44. The van der Waals surface area contributed by atoms with Gasteiger partial charge in [-0.25, -0.2) is 0 Å². The van der Waals surface area contributed by atoms with Crippen molar-refractivity contribution in [3.63, 3.8) is 0 Å². The second kappa shape index (κ2) is 4.16. The van der Waals surface area contributed by atoms with Gasteiger partial charge in [0.2, 0.25) is 11.8 Å². The SMILES string of the molecule is O=C1CCc2cc(N3C(=O)C4C5CCC(C6CC65)C4C3=O)ccc21. The van der Waals surface area contributed by atoms with Crippen LogP contribution in [0.2, 0.25) is 0 Å². The van der Waals surface area contributed by atoms with Crippen LogP contribution < -0.4 is 4.90 Å². The molecule has 1 aromatic rings. The summed E-state index contributed by atoms with van der Waals surface area (Å²) in [7, 11) is 0. The first-order valence-electron chi connectivity index (χ1n) is 9.19. The highest BCUT2D eigenvalue weighted by atomic mass is 16.2. The van der Waals surface area contributed by atoms with E-state index in [0.29, 0.717) is 35.8 Å². The van der Waals surface area contributed by atoms with Crippen molar-refractivity contribution in [1.29, 1.82) is 0 Å². The lowest BCUT2D eigenvalue weighted by Crippen LogP contribution is -2.43. The van der Waals surface area contributed by atoms with Gasteiger partial charge in [-0.15, -0.1) is 0 Å². The quantitative estimate of drug-likeness (QED) is 0.747. The Bertz CT molecular complexity index is 794. The van der Waals surface area contributed by atoms with Crippen LogP contribution in [0.5, 0.6) is 0 Å². The van der Waals surface area contributed by atoms with Gasteiger partial charge in [-0.1, -0.05) is 0 Å². The number of hydrogen-bond acceptors (Lipinski definition) is 3. The van der Waals surface area contributed by atoms with Gasteiger partial charge in [-0.05, 0) is 73.1 Å². The van der Waals surface area contributed by atoms with Gasteiger partial charge in [0.05, 0.1) is 17.5 Å². The highest BCUT2D eigenvalue weighted by Gasteiger charge is 2.68. The predicted molar refractivity (Wildman–Crippen MR) is 86.4 cm³/mol. The molecule has 1 aromatic carbocycles. The molecule has 24 heavy (non-hydrogen) atoms. The molecule has 7 rings (SSSR count). The summed E-state index contributed by atoms with van der Waals surface area (Å²) in [6.07, 6.45) is 4.75. The minimum absolute atomic E-state index is 0.0225. The molecule has 0 aromatic heterocycles. The number of ketones is 1. The summed E-state index contributed by atoms with van der Waals surface area (Å²) < 4.78 is 0. The Morgan fingerprint density at radius 1 is 0.833 bits per heavy atom. The molecule has 1 saturated heterocycles. The van der Waals surface area contributed by atoms with Crippen LogP contribution >= 0.6 is 0 Å². The van der Waals surface area contributed by atoms with Crippen LogP contribution in [-0.4, -0.2) is 17.6 Å². The number of carbonyl (C=O) groups is 3. The number of fused-ring (bicyclic) bond motifs is 2. The van der Waals surface area contributed by atoms with Crippen LogP contribution in [0, 0.1) is 35.5 Å². The van der Waals surface area contributed by atoms with E-state index in [-0.39, 0.29) is 29.4 Å². The number of anilines is 1. The standard InChI is InChI=1S/C20H19NO3/c22-16-6-1-9-7-10(2-3-11(9)16)21-19(23)17-12-4-5-13(15-8-14(12)15)18(17)20(21)24/h2-3,7,12-15,17-18H,1,4-6,8H2. The summed E-state index contributed by atoms with van der Waals surface area (Å²) in [6.45, 7) is 0. The predicted octanol–water partition coefficient (Wildman–Crippen LogP) is 2.60. The molecular formula is C20H19NO3. The Morgan fingerprint density at radius 2 is 1.50 bits per heavy atom. The fraction of sp³-hybridized carbons (Fsp3) is 0.550. The average Bonchev–Trinajstić information content (AvgIpc) is 3.28. The first-order valence-corrected chi connectivity index (χ1v) is 9.19. The summed E-state index contributed by atoms with van der Waals surface area (Å²) >= 11 is 0. The number of Topliss-reactive ketones (excluding diaryl/α,β-unsaturated/α-hetero) is 1. The third-order valence-electron chi connectivity index (χ3n) is 7.41. The Balaban J connectivity index is 1.42. The Labute approximate surface area is 140 Å². The summed E-state index contributed by atoms with van der Waals surface area (Å²) in [6, 6.07) is 5.49. The molecule has 1 aliphatic heterocycles. The van der Waals surface area contributed by atoms with Crippen molar-refractivity contribution in [3.05, 3.63) is 29.3 Å². The Morgan fingerprint density at radius 3 is 2.17 bits per heavy atom. The summed E-state index contributed by atoms with van der Waals surface area (Å²) in [5.41, 5.74) is 2.43. The molecule has 6 atom stereocenters. The van der Waals surface area contributed by atoms with E-state index in [1.807, 2.05) is 6.07 Å². The molecule has 4 nitrogen and oxygen atoms in total. The number of amides is 2. The van der Waals surface area contributed by atoms with Gasteiger partial charge in [0, 0.05) is 12.0 Å². The van der Waals surface area contributed by atoms with E-state index >= 15 is 0 Å². The minimum atomic E-state index is -0.0742. The van der Waals surface area contributed by atoms with Gasteiger partial charge < -0.3 is 0 Å². The van der Waals surface area contributed by atoms with Crippen molar-refractivity contribution in [2.75, 3.05) is 4.90 Å². The normalized spacial score (nSPS) is 41.5. The lowest BCUT2D eigenvalue weighted by Gasteiger charge is -2.42. The molecule has 0 N–H and O–H groups in total. The number of nitrogens with zero attached hydrogens (tertiary/aromatic N) is 1. The van der Waals surface area contributed by atoms with Crippen LogP contribution in [-0.2, 0) is 16.0 Å². The lowest BCUT2D eigenvalue weighted by molar-refractivity contribution is -0.129. The molecule has 5 aliphatic carbocycles. The maximum Gasteiger partial charge on any atom is 0.237 e. The van der Waals surface area contributed by atoms with Crippen molar-refractivity contribution in [2.45, 2.75) is 32.1 Å². The van der Waals surface area contributed by atoms with Crippen molar-refractivity contribution in [1.82, 2.24) is 0 Å². The van der Waals surface area contributed by atoms with E-state index in [9.17, 15) is 14.4 Å². The van der Waals surface area contributed by atoms with Crippen LogP contribution in [0.4, 0.5) is 5.69 Å². The zero-order valence-electron chi connectivity index (χ0n) is 13.4. The molecule has 122 valence electrons. The average molecular weight is 321 g/mol. The first-order chi connectivity index (χ1) is 11.6. The molecule has 6 unspecified atom stereocenters. The third-order valence-corrected chi connectivity index (χ3v) is 7.41. The maximum absolute atomic E-state index is 13.1. The summed E-state index contributed by atoms with van der Waals surface area (Å²) in [4.78, 5) is 39.5. The number of aryl methyl sites for hydroxylation is 1.